The van der Waals surface area contributed by atoms with E-state index < -0.39 is 5.60 Å². The molecule has 0 saturated heterocycles. The Morgan fingerprint density at radius 1 is 1.27 bits per heavy atom. The van der Waals surface area contributed by atoms with E-state index in [2.05, 4.69) is 45.4 Å². The molecule has 0 aliphatic carbocycles. The van der Waals surface area contributed by atoms with Gasteiger partial charge in [-0.05, 0) is 45.6 Å². The molecule has 0 saturated carbocycles. The van der Waals surface area contributed by atoms with E-state index in [1.165, 1.54) is 4.88 Å². The van der Waals surface area contributed by atoms with Crippen LogP contribution in [0.3, 0.4) is 0 Å². The third-order valence-corrected chi connectivity index (χ3v) is 4.31. The first-order valence-corrected chi connectivity index (χ1v) is 9.72. The fourth-order valence-corrected chi connectivity index (χ4v) is 2.81. The van der Waals surface area contributed by atoms with E-state index in [4.69, 9.17) is 4.74 Å². The van der Waals surface area contributed by atoms with Crippen LogP contribution in [0.2, 0.25) is 0 Å². The Balaban J connectivity index is 0.00000625. The first-order valence-electron chi connectivity index (χ1n) is 8.84. The number of aliphatic imine (C=N–C) groups is 1. The van der Waals surface area contributed by atoms with Crippen molar-refractivity contribution >= 4 is 47.4 Å². The maximum absolute atomic E-state index is 11.6. The van der Waals surface area contributed by atoms with Gasteiger partial charge in [0.2, 0.25) is 0 Å². The average Bonchev–Trinajstić information content (AvgIpc) is 3.04. The maximum Gasteiger partial charge on any atom is 0.407 e. The summed E-state index contributed by atoms with van der Waals surface area (Å²) in [5.41, 5.74) is -0.466. The van der Waals surface area contributed by atoms with Gasteiger partial charge in [-0.3, -0.25) is 4.99 Å². The van der Waals surface area contributed by atoms with Crippen molar-refractivity contribution in [2.45, 2.75) is 52.6 Å². The lowest BCUT2D eigenvalue weighted by Crippen LogP contribution is -2.39. The molecule has 6 nitrogen and oxygen atoms in total. The molecule has 1 aromatic rings. The highest BCUT2D eigenvalue weighted by atomic mass is 127. The molecule has 1 atom stereocenters. The van der Waals surface area contributed by atoms with Gasteiger partial charge in [-0.2, -0.15) is 0 Å². The number of amides is 1. The molecular formula is C18H33IN4O2S. The van der Waals surface area contributed by atoms with Crippen LogP contribution >= 0.6 is 35.3 Å². The van der Waals surface area contributed by atoms with Gasteiger partial charge in [-0.15, -0.1) is 35.3 Å². The number of hydrogen-bond acceptors (Lipinski definition) is 4. The summed E-state index contributed by atoms with van der Waals surface area (Å²) in [5, 5.41) is 11.4. The average molecular weight is 496 g/mol. The number of rotatable bonds is 8. The lowest BCUT2D eigenvalue weighted by molar-refractivity contribution is 0.0527. The lowest BCUT2D eigenvalue weighted by Gasteiger charge is -2.19. The molecule has 1 aromatic heterocycles. The van der Waals surface area contributed by atoms with Crippen molar-refractivity contribution in [1.82, 2.24) is 16.0 Å². The highest BCUT2D eigenvalue weighted by Crippen LogP contribution is 2.20. The lowest BCUT2D eigenvalue weighted by atomic mass is 10.1. The molecule has 0 aliphatic heterocycles. The zero-order valence-electron chi connectivity index (χ0n) is 16.4. The zero-order chi connectivity index (χ0) is 18.7. The van der Waals surface area contributed by atoms with E-state index in [0.717, 1.165) is 32.0 Å². The fraction of sp³-hybridized carbons (Fsp3) is 0.667. The number of alkyl carbamates (subject to hydrolysis) is 1. The van der Waals surface area contributed by atoms with Gasteiger partial charge in [0.25, 0.3) is 0 Å². The molecule has 1 amide bonds. The molecule has 1 unspecified atom stereocenters. The van der Waals surface area contributed by atoms with Crippen LogP contribution in [0.15, 0.2) is 22.5 Å². The van der Waals surface area contributed by atoms with Crippen molar-refractivity contribution in [3.8, 4) is 0 Å². The summed E-state index contributed by atoms with van der Waals surface area (Å²) < 4.78 is 5.20. The molecule has 0 aromatic carbocycles. The van der Waals surface area contributed by atoms with Gasteiger partial charge in [0, 0.05) is 30.4 Å². The molecule has 0 aliphatic rings. The first-order chi connectivity index (χ1) is 11.8. The predicted octanol–water partition coefficient (Wildman–Crippen LogP) is 3.94. The Kier molecular flexibility index (Phi) is 12.7. The van der Waals surface area contributed by atoms with Crippen LogP contribution in [0.1, 0.15) is 51.8 Å². The van der Waals surface area contributed by atoms with Crippen molar-refractivity contribution < 1.29 is 9.53 Å². The molecular weight excluding hydrogens is 463 g/mol. The van der Waals surface area contributed by atoms with E-state index in [9.17, 15) is 4.79 Å². The third-order valence-electron chi connectivity index (χ3n) is 3.21. The number of carbonyl (C=O) groups excluding carboxylic acids is 1. The molecule has 1 heterocycles. The van der Waals surface area contributed by atoms with E-state index in [0.29, 0.717) is 12.5 Å². The number of hydrogen-bond donors (Lipinski definition) is 3. The number of carbonyl (C=O) groups is 1. The summed E-state index contributed by atoms with van der Waals surface area (Å²) >= 11 is 1.76. The Morgan fingerprint density at radius 2 is 1.96 bits per heavy atom. The molecule has 26 heavy (non-hydrogen) atoms. The van der Waals surface area contributed by atoms with E-state index in [1.807, 2.05) is 27.7 Å². The summed E-state index contributed by atoms with van der Waals surface area (Å²) in [6.07, 6.45) is 0.419. The SMILES string of the molecule is CCNC(=NCC(C)c1cccs1)NCCCNC(=O)OC(C)(C)C.I. The third kappa shape index (κ3) is 11.6. The predicted molar refractivity (Wildman–Crippen MR) is 121 cm³/mol. The minimum atomic E-state index is -0.466. The van der Waals surface area contributed by atoms with Gasteiger partial charge in [0.05, 0.1) is 6.54 Å². The molecule has 150 valence electrons. The van der Waals surface area contributed by atoms with Crippen molar-refractivity contribution in [3.05, 3.63) is 22.4 Å². The summed E-state index contributed by atoms with van der Waals surface area (Å²) in [6.45, 7) is 12.6. The first kappa shape index (κ1) is 25.0. The van der Waals surface area contributed by atoms with Crippen molar-refractivity contribution in [2.24, 2.45) is 4.99 Å². The van der Waals surface area contributed by atoms with Gasteiger partial charge in [0.1, 0.15) is 5.60 Å². The Bertz CT molecular complexity index is 530. The van der Waals surface area contributed by atoms with Crippen molar-refractivity contribution in [2.75, 3.05) is 26.2 Å². The van der Waals surface area contributed by atoms with Crippen LogP contribution in [0.4, 0.5) is 4.79 Å². The topological polar surface area (TPSA) is 74.8 Å². The normalized spacial score (nSPS) is 12.7. The van der Waals surface area contributed by atoms with Crippen molar-refractivity contribution in [1.29, 1.82) is 0 Å². The Labute approximate surface area is 178 Å². The minimum absolute atomic E-state index is 0. The van der Waals surface area contributed by atoms with Crippen LogP contribution in [-0.2, 0) is 4.74 Å². The van der Waals surface area contributed by atoms with E-state index in [-0.39, 0.29) is 30.1 Å². The number of ether oxygens (including phenoxy) is 1. The zero-order valence-corrected chi connectivity index (χ0v) is 19.6. The second kappa shape index (κ2) is 13.2. The molecule has 0 bridgehead atoms. The van der Waals surface area contributed by atoms with Gasteiger partial charge in [-0.1, -0.05) is 13.0 Å². The van der Waals surface area contributed by atoms with Crippen LogP contribution in [0.25, 0.3) is 0 Å². The summed E-state index contributed by atoms with van der Waals surface area (Å²) in [6, 6.07) is 4.22. The molecule has 0 radical (unpaired) electrons. The van der Waals surface area contributed by atoms with Crippen LogP contribution in [0.5, 0.6) is 0 Å². The van der Waals surface area contributed by atoms with Crippen LogP contribution in [0, 0.1) is 0 Å². The number of thiophene rings is 1. The van der Waals surface area contributed by atoms with Gasteiger partial charge < -0.3 is 20.7 Å². The van der Waals surface area contributed by atoms with Gasteiger partial charge in [0.15, 0.2) is 5.96 Å². The molecule has 1 rings (SSSR count). The summed E-state index contributed by atoms with van der Waals surface area (Å²) in [4.78, 5) is 17.5. The second-order valence-corrected chi connectivity index (χ2v) is 7.82. The Morgan fingerprint density at radius 3 is 2.54 bits per heavy atom. The monoisotopic (exact) mass is 496 g/mol. The summed E-state index contributed by atoms with van der Waals surface area (Å²) in [5.74, 6) is 1.22. The molecule has 0 spiro atoms. The minimum Gasteiger partial charge on any atom is -0.444 e. The fourth-order valence-electron chi connectivity index (χ4n) is 2.03. The highest BCUT2D eigenvalue weighted by molar-refractivity contribution is 14.0. The quantitative estimate of drug-likeness (QED) is 0.221. The van der Waals surface area contributed by atoms with E-state index >= 15 is 0 Å². The number of nitrogens with one attached hydrogen (secondary N) is 3. The molecule has 0 fully saturated rings. The van der Waals surface area contributed by atoms with E-state index in [1.54, 1.807) is 11.3 Å². The molecule has 8 heteroatoms. The standard InChI is InChI=1S/C18H32N4O2S.HI/c1-6-19-16(22-13-14(2)15-9-7-12-25-15)20-10-8-11-21-17(23)24-18(3,4)5;/h7,9,12,14H,6,8,10-11,13H2,1-5H3,(H,21,23)(H2,19,20,22);1H. The Hall–Kier alpha value is -1.03. The highest BCUT2D eigenvalue weighted by Gasteiger charge is 2.15. The number of halogens is 1. The van der Waals surface area contributed by atoms with Gasteiger partial charge in [-0.25, -0.2) is 4.79 Å². The number of guanidine groups is 1. The largest absolute Gasteiger partial charge is 0.444 e. The summed E-state index contributed by atoms with van der Waals surface area (Å²) in [7, 11) is 0. The molecule has 3 N–H and O–H groups in total. The van der Waals surface area contributed by atoms with Crippen LogP contribution < -0.4 is 16.0 Å². The number of nitrogens with zero attached hydrogens (tertiary/aromatic N) is 1. The van der Waals surface area contributed by atoms with Crippen molar-refractivity contribution in [3.63, 3.8) is 0 Å². The van der Waals surface area contributed by atoms with Crippen LogP contribution in [-0.4, -0.2) is 43.8 Å². The van der Waals surface area contributed by atoms with Gasteiger partial charge >= 0.3 is 6.09 Å². The maximum atomic E-state index is 11.6. The second-order valence-electron chi connectivity index (χ2n) is 6.85. The smallest absolute Gasteiger partial charge is 0.407 e.